The van der Waals surface area contributed by atoms with E-state index in [1.807, 2.05) is 6.07 Å². The van der Waals surface area contributed by atoms with Gasteiger partial charge in [0.05, 0.1) is 18.8 Å². The molecule has 4 rings (SSSR count). The summed E-state index contributed by atoms with van der Waals surface area (Å²) in [5, 5.41) is 13.0. The Hall–Kier alpha value is -1.86. The number of benzene rings is 1. The number of hydrogen-bond acceptors (Lipinski definition) is 5. The van der Waals surface area contributed by atoms with Crippen LogP contribution in [0.1, 0.15) is 56.8 Å². The second-order valence-electron chi connectivity index (χ2n) is 8.77. The minimum atomic E-state index is 0.106. The number of amides is 1. The van der Waals surface area contributed by atoms with E-state index in [9.17, 15) is 4.79 Å². The van der Waals surface area contributed by atoms with Crippen molar-refractivity contribution in [3.8, 4) is 0 Å². The topological polar surface area (TPSA) is 63.1 Å². The molecule has 30 heavy (non-hydrogen) atoms. The van der Waals surface area contributed by atoms with Gasteiger partial charge < -0.3 is 9.88 Å². The van der Waals surface area contributed by atoms with E-state index in [2.05, 4.69) is 56.2 Å². The van der Waals surface area contributed by atoms with Crippen LogP contribution in [0.5, 0.6) is 0 Å². The second-order valence-corrected chi connectivity index (χ2v) is 9.71. The van der Waals surface area contributed by atoms with Crippen molar-refractivity contribution >= 4 is 17.7 Å². The monoisotopic (exact) mass is 427 g/mol. The summed E-state index contributed by atoms with van der Waals surface area (Å²) in [5.41, 5.74) is 1.22. The molecule has 162 valence electrons. The van der Waals surface area contributed by atoms with Gasteiger partial charge in [-0.25, -0.2) is 0 Å². The van der Waals surface area contributed by atoms with Gasteiger partial charge in [0.15, 0.2) is 5.16 Å². The zero-order chi connectivity index (χ0) is 20.8. The summed E-state index contributed by atoms with van der Waals surface area (Å²) >= 11 is 1.50. The van der Waals surface area contributed by atoms with Gasteiger partial charge in [0.2, 0.25) is 5.91 Å². The quantitative estimate of drug-likeness (QED) is 0.651. The van der Waals surface area contributed by atoms with Gasteiger partial charge in [-0.05, 0) is 63.1 Å². The molecule has 2 fully saturated rings. The molecule has 1 amide bonds. The van der Waals surface area contributed by atoms with Crippen LogP contribution < -0.4 is 5.32 Å². The van der Waals surface area contributed by atoms with Crippen LogP contribution in [0.2, 0.25) is 0 Å². The molecular weight excluding hydrogens is 394 g/mol. The maximum atomic E-state index is 12.5. The fourth-order valence-corrected chi connectivity index (χ4v) is 5.18. The van der Waals surface area contributed by atoms with Gasteiger partial charge in [-0.2, -0.15) is 0 Å². The summed E-state index contributed by atoms with van der Waals surface area (Å²) in [6.45, 7) is 6.12. The molecule has 1 aromatic heterocycles. The summed E-state index contributed by atoms with van der Waals surface area (Å²) in [6, 6.07) is 10.8. The molecule has 1 saturated carbocycles. The van der Waals surface area contributed by atoms with E-state index in [1.165, 1.54) is 43.0 Å². The highest BCUT2D eigenvalue weighted by atomic mass is 32.2. The zero-order valence-corrected chi connectivity index (χ0v) is 18.7. The SMILES string of the molecule is CC1CCC(NC(=O)CSc2nnc(CN3CCCC3)n2Cc2ccccc2)CC1. The van der Waals surface area contributed by atoms with Gasteiger partial charge in [0, 0.05) is 6.04 Å². The van der Waals surface area contributed by atoms with Crippen LogP contribution in [0.15, 0.2) is 35.5 Å². The van der Waals surface area contributed by atoms with Gasteiger partial charge in [0.25, 0.3) is 0 Å². The molecule has 0 bridgehead atoms. The Labute approximate surface area is 183 Å². The van der Waals surface area contributed by atoms with Crippen LogP contribution in [0.3, 0.4) is 0 Å². The number of nitrogens with one attached hydrogen (secondary N) is 1. The molecule has 0 spiro atoms. The molecule has 1 aromatic carbocycles. The van der Waals surface area contributed by atoms with Crippen LogP contribution in [0, 0.1) is 5.92 Å². The number of nitrogens with zero attached hydrogens (tertiary/aromatic N) is 4. The minimum absolute atomic E-state index is 0.106. The normalized spacial score (nSPS) is 22.3. The highest BCUT2D eigenvalue weighted by molar-refractivity contribution is 7.99. The first-order valence-corrected chi connectivity index (χ1v) is 12.3. The van der Waals surface area contributed by atoms with Crippen molar-refractivity contribution in [1.82, 2.24) is 25.0 Å². The van der Waals surface area contributed by atoms with Gasteiger partial charge in [-0.3, -0.25) is 9.69 Å². The molecule has 2 aromatic rings. The Morgan fingerprint density at radius 3 is 2.53 bits per heavy atom. The summed E-state index contributed by atoms with van der Waals surface area (Å²) in [7, 11) is 0. The van der Waals surface area contributed by atoms with Crippen LogP contribution in [-0.2, 0) is 17.9 Å². The van der Waals surface area contributed by atoms with Crippen molar-refractivity contribution in [2.75, 3.05) is 18.8 Å². The number of carbonyl (C=O) groups excluding carboxylic acids is 1. The fraction of sp³-hybridized carbons (Fsp3) is 0.609. The number of hydrogen-bond donors (Lipinski definition) is 1. The minimum Gasteiger partial charge on any atom is -0.353 e. The van der Waals surface area contributed by atoms with Gasteiger partial charge in [-0.15, -0.1) is 10.2 Å². The lowest BCUT2D eigenvalue weighted by atomic mass is 9.87. The maximum absolute atomic E-state index is 12.5. The average molecular weight is 428 g/mol. The van der Waals surface area contributed by atoms with E-state index in [0.717, 1.165) is 55.9 Å². The number of carbonyl (C=O) groups is 1. The fourth-order valence-electron chi connectivity index (χ4n) is 4.41. The molecule has 2 aliphatic rings. The standard InChI is InChI=1S/C23H33N5OS/c1-18-9-11-20(12-10-18)24-22(29)17-30-23-26-25-21(16-27-13-5-6-14-27)28(23)15-19-7-3-2-4-8-19/h2-4,7-8,18,20H,5-6,9-17H2,1H3,(H,24,29). The van der Waals surface area contributed by atoms with Crippen molar-refractivity contribution < 1.29 is 4.79 Å². The second kappa shape index (κ2) is 10.4. The Morgan fingerprint density at radius 1 is 1.07 bits per heavy atom. The molecular formula is C23H33N5OS. The predicted molar refractivity (Wildman–Crippen MR) is 120 cm³/mol. The predicted octanol–water partition coefficient (Wildman–Crippen LogP) is 3.71. The largest absolute Gasteiger partial charge is 0.353 e. The molecule has 1 aliphatic heterocycles. The van der Waals surface area contributed by atoms with E-state index in [0.29, 0.717) is 11.8 Å². The molecule has 1 saturated heterocycles. The van der Waals surface area contributed by atoms with Crippen molar-refractivity contribution in [3.63, 3.8) is 0 Å². The lowest BCUT2D eigenvalue weighted by Crippen LogP contribution is -2.38. The Kier molecular flexibility index (Phi) is 7.44. The molecule has 7 heteroatoms. The van der Waals surface area contributed by atoms with Gasteiger partial charge >= 0.3 is 0 Å². The Bertz CT molecular complexity index is 810. The number of thioether (sulfide) groups is 1. The van der Waals surface area contributed by atoms with Gasteiger partial charge in [0.1, 0.15) is 5.82 Å². The molecule has 1 aliphatic carbocycles. The number of rotatable bonds is 8. The van der Waals surface area contributed by atoms with Crippen molar-refractivity contribution in [1.29, 1.82) is 0 Å². The highest BCUT2D eigenvalue weighted by Crippen LogP contribution is 2.24. The smallest absolute Gasteiger partial charge is 0.230 e. The molecule has 1 N–H and O–H groups in total. The van der Waals surface area contributed by atoms with E-state index < -0.39 is 0 Å². The molecule has 6 nitrogen and oxygen atoms in total. The van der Waals surface area contributed by atoms with E-state index in [4.69, 9.17) is 0 Å². The van der Waals surface area contributed by atoms with Crippen LogP contribution in [0.25, 0.3) is 0 Å². The van der Waals surface area contributed by atoms with Crippen molar-refractivity contribution in [2.45, 2.75) is 69.7 Å². The summed E-state index contributed by atoms with van der Waals surface area (Å²) < 4.78 is 2.19. The third-order valence-corrected chi connectivity index (χ3v) is 7.22. The van der Waals surface area contributed by atoms with Crippen LogP contribution in [0.4, 0.5) is 0 Å². The van der Waals surface area contributed by atoms with E-state index >= 15 is 0 Å². The molecule has 0 unspecified atom stereocenters. The summed E-state index contributed by atoms with van der Waals surface area (Å²) in [5.74, 6) is 2.28. The third kappa shape index (κ3) is 5.85. The van der Waals surface area contributed by atoms with E-state index in [1.54, 1.807) is 0 Å². The third-order valence-electron chi connectivity index (χ3n) is 6.25. The maximum Gasteiger partial charge on any atom is 0.230 e. The molecule has 2 heterocycles. The lowest BCUT2D eigenvalue weighted by molar-refractivity contribution is -0.119. The highest BCUT2D eigenvalue weighted by Gasteiger charge is 2.22. The van der Waals surface area contributed by atoms with Crippen LogP contribution in [-0.4, -0.2) is 50.5 Å². The Balaban J connectivity index is 1.39. The molecule has 0 atom stereocenters. The average Bonchev–Trinajstić information content (AvgIpc) is 3.40. The lowest BCUT2D eigenvalue weighted by Gasteiger charge is -2.26. The first-order valence-electron chi connectivity index (χ1n) is 11.3. The van der Waals surface area contributed by atoms with Crippen molar-refractivity contribution in [2.24, 2.45) is 5.92 Å². The Morgan fingerprint density at radius 2 is 1.80 bits per heavy atom. The van der Waals surface area contributed by atoms with E-state index in [-0.39, 0.29) is 5.91 Å². The van der Waals surface area contributed by atoms with Crippen LogP contribution >= 0.6 is 11.8 Å². The summed E-state index contributed by atoms with van der Waals surface area (Å²) in [4.78, 5) is 15.0. The summed E-state index contributed by atoms with van der Waals surface area (Å²) in [6.07, 6.45) is 7.14. The first kappa shape index (κ1) is 21.4. The van der Waals surface area contributed by atoms with Crippen molar-refractivity contribution in [3.05, 3.63) is 41.7 Å². The number of aromatic nitrogens is 3. The first-order chi connectivity index (χ1) is 14.7. The van der Waals surface area contributed by atoms with Gasteiger partial charge in [-0.1, -0.05) is 49.0 Å². The molecule has 0 radical (unpaired) electrons. The zero-order valence-electron chi connectivity index (χ0n) is 17.9. The number of likely N-dealkylation sites (tertiary alicyclic amines) is 1.